The molecule has 1 heterocycles. The van der Waals surface area contributed by atoms with Crippen LogP contribution in [0.25, 0.3) is 0 Å². The normalized spacial score (nSPS) is 12.6. The van der Waals surface area contributed by atoms with Crippen LogP contribution in [0.1, 0.15) is 17.4 Å². The summed E-state index contributed by atoms with van der Waals surface area (Å²) in [5.41, 5.74) is 6.06. The van der Waals surface area contributed by atoms with Crippen molar-refractivity contribution in [3.05, 3.63) is 59.6 Å². The zero-order valence-electron chi connectivity index (χ0n) is 9.61. The number of rotatable bonds is 5. The first-order valence-corrected chi connectivity index (χ1v) is 6.63. The average Bonchev–Trinajstić information content (AvgIpc) is 2.85. The Bertz CT molecular complexity index is 502. The monoisotopic (exact) mass is 269 g/mol. The fourth-order valence-electron chi connectivity index (χ4n) is 1.57. The summed E-state index contributed by atoms with van der Waals surface area (Å²) in [7, 11) is 0. The molecule has 96 valence electrons. The standard InChI is InChI=1S/C13H13F2NOS/c14-9-3-4-12(15)11(6-9)13(16)8-18-7-10-2-1-5-17-10/h1-6,13H,7-8,16H2. The molecule has 0 bridgehead atoms. The van der Waals surface area contributed by atoms with Crippen molar-refractivity contribution in [2.24, 2.45) is 5.73 Å². The van der Waals surface area contributed by atoms with E-state index in [-0.39, 0.29) is 5.56 Å². The predicted octanol–water partition coefficient (Wildman–Crippen LogP) is 3.49. The number of benzene rings is 1. The number of hydrogen-bond acceptors (Lipinski definition) is 3. The van der Waals surface area contributed by atoms with Crippen LogP contribution in [0.3, 0.4) is 0 Å². The average molecular weight is 269 g/mol. The molecule has 0 amide bonds. The third kappa shape index (κ3) is 3.34. The van der Waals surface area contributed by atoms with Crippen LogP contribution in [0.4, 0.5) is 8.78 Å². The molecule has 18 heavy (non-hydrogen) atoms. The van der Waals surface area contributed by atoms with Crippen molar-refractivity contribution in [1.82, 2.24) is 0 Å². The zero-order chi connectivity index (χ0) is 13.0. The molecule has 2 N–H and O–H groups in total. The van der Waals surface area contributed by atoms with E-state index in [1.807, 2.05) is 12.1 Å². The molecule has 1 unspecified atom stereocenters. The molecule has 0 aliphatic carbocycles. The summed E-state index contributed by atoms with van der Waals surface area (Å²) < 4.78 is 31.6. The highest BCUT2D eigenvalue weighted by atomic mass is 32.2. The van der Waals surface area contributed by atoms with E-state index >= 15 is 0 Å². The predicted molar refractivity (Wildman–Crippen MR) is 68.2 cm³/mol. The van der Waals surface area contributed by atoms with Gasteiger partial charge in [0.2, 0.25) is 0 Å². The van der Waals surface area contributed by atoms with Gasteiger partial charge in [0.25, 0.3) is 0 Å². The number of hydrogen-bond donors (Lipinski definition) is 1. The second-order valence-electron chi connectivity index (χ2n) is 3.87. The van der Waals surface area contributed by atoms with E-state index in [1.54, 1.807) is 6.26 Å². The van der Waals surface area contributed by atoms with E-state index in [2.05, 4.69) is 0 Å². The lowest BCUT2D eigenvalue weighted by Gasteiger charge is -2.12. The van der Waals surface area contributed by atoms with Crippen LogP contribution in [-0.4, -0.2) is 5.75 Å². The van der Waals surface area contributed by atoms with Gasteiger partial charge in [-0.15, -0.1) is 0 Å². The van der Waals surface area contributed by atoms with Crippen molar-refractivity contribution in [2.75, 3.05) is 5.75 Å². The minimum absolute atomic E-state index is 0.210. The van der Waals surface area contributed by atoms with Crippen molar-refractivity contribution in [2.45, 2.75) is 11.8 Å². The topological polar surface area (TPSA) is 39.2 Å². The summed E-state index contributed by atoms with van der Waals surface area (Å²) in [5, 5.41) is 0. The lowest BCUT2D eigenvalue weighted by Crippen LogP contribution is -2.15. The summed E-state index contributed by atoms with van der Waals surface area (Å²) in [6.07, 6.45) is 1.60. The minimum Gasteiger partial charge on any atom is -0.468 e. The van der Waals surface area contributed by atoms with Gasteiger partial charge in [0, 0.05) is 17.4 Å². The van der Waals surface area contributed by atoms with Crippen LogP contribution in [0.2, 0.25) is 0 Å². The van der Waals surface area contributed by atoms with E-state index < -0.39 is 17.7 Å². The molecule has 0 spiro atoms. The van der Waals surface area contributed by atoms with Crippen LogP contribution in [0.5, 0.6) is 0 Å². The van der Waals surface area contributed by atoms with E-state index in [9.17, 15) is 8.78 Å². The SMILES string of the molecule is NC(CSCc1ccco1)c1cc(F)ccc1F. The molecule has 1 aromatic heterocycles. The van der Waals surface area contributed by atoms with Crippen LogP contribution < -0.4 is 5.73 Å². The summed E-state index contributed by atoms with van der Waals surface area (Å²) in [4.78, 5) is 0. The molecule has 2 aromatic rings. The molecule has 0 saturated carbocycles. The van der Waals surface area contributed by atoms with Gasteiger partial charge in [-0.25, -0.2) is 8.78 Å². The van der Waals surface area contributed by atoms with Gasteiger partial charge in [0.15, 0.2) is 0 Å². The molecule has 1 atom stereocenters. The second-order valence-corrected chi connectivity index (χ2v) is 4.90. The van der Waals surface area contributed by atoms with Crippen molar-refractivity contribution in [3.63, 3.8) is 0 Å². The van der Waals surface area contributed by atoms with Crippen LogP contribution in [0, 0.1) is 11.6 Å². The molecule has 2 nitrogen and oxygen atoms in total. The minimum atomic E-state index is -0.527. The van der Waals surface area contributed by atoms with Crippen LogP contribution in [0.15, 0.2) is 41.0 Å². The molecule has 0 radical (unpaired) electrons. The van der Waals surface area contributed by atoms with Crippen molar-refractivity contribution in [3.8, 4) is 0 Å². The Hall–Kier alpha value is -1.33. The van der Waals surface area contributed by atoms with E-state index in [1.165, 1.54) is 11.8 Å². The molecule has 1 aromatic carbocycles. The highest BCUT2D eigenvalue weighted by Crippen LogP contribution is 2.22. The Kier molecular flexibility index (Phi) is 4.38. The van der Waals surface area contributed by atoms with E-state index in [4.69, 9.17) is 10.2 Å². The van der Waals surface area contributed by atoms with E-state index in [0.717, 1.165) is 24.0 Å². The molecule has 2 rings (SSSR count). The van der Waals surface area contributed by atoms with Gasteiger partial charge in [-0.2, -0.15) is 11.8 Å². The summed E-state index contributed by atoms with van der Waals surface area (Å²) in [6.45, 7) is 0. The molecule has 0 saturated heterocycles. The van der Waals surface area contributed by atoms with E-state index in [0.29, 0.717) is 11.5 Å². The first-order valence-electron chi connectivity index (χ1n) is 5.47. The molecule has 0 aliphatic heterocycles. The van der Waals surface area contributed by atoms with Crippen molar-refractivity contribution < 1.29 is 13.2 Å². The van der Waals surface area contributed by atoms with Gasteiger partial charge >= 0.3 is 0 Å². The van der Waals surface area contributed by atoms with Gasteiger partial charge in [-0.3, -0.25) is 0 Å². The largest absolute Gasteiger partial charge is 0.468 e. The maximum atomic E-state index is 13.4. The van der Waals surface area contributed by atoms with Crippen LogP contribution in [-0.2, 0) is 5.75 Å². The molecule has 0 aliphatic rings. The summed E-state index contributed by atoms with van der Waals surface area (Å²) in [6, 6.07) is 6.47. The van der Waals surface area contributed by atoms with Gasteiger partial charge in [0.05, 0.1) is 12.0 Å². The molecular formula is C13H13F2NOS. The quantitative estimate of drug-likeness (QED) is 0.903. The Morgan fingerprint density at radius 3 is 2.83 bits per heavy atom. The summed E-state index contributed by atoms with van der Waals surface area (Å²) in [5.74, 6) is 1.06. The molecular weight excluding hydrogens is 256 g/mol. The maximum absolute atomic E-state index is 13.4. The van der Waals surface area contributed by atoms with Crippen molar-refractivity contribution >= 4 is 11.8 Å². The number of halogens is 2. The highest BCUT2D eigenvalue weighted by Gasteiger charge is 2.12. The molecule has 0 fully saturated rings. The van der Waals surface area contributed by atoms with Gasteiger partial charge in [0.1, 0.15) is 17.4 Å². The maximum Gasteiger partial charge on any atom is 0.128 e. The number of furan rings is 1. The Labute approximate surface area is 108 Å². The Morgan fingerprint density at radius 2 is 2.11 bits per heavy atom. The first-order chi connectivity index (χ1) is 8.66. The van der Waals surface area contributed by atoms with Gasteiger partial charge < -0.3 is 10.2 Å². The zero-order valence-corrected chi connectivity index (χ0v) is 10.4. The van der Waals surface area contributed by atoms with Crippen molar-refractivity contribution in [1.29, 1.82) is 0 Å². The lowest BCUT2D eigenvalue weighted by molar-refractivity contribution is 0.530. The lowest BCUT2D eigenvalue weighted by atomic mass is 10.1. The second kappa shape index (κ2) is 6.02. The third-order valence-electron chi connectivity index (χ3n) is 2.48. The van der Waals surface area contributed by atoms with Crippen LogP contribution >= 0.6 is 11.8 Å². The Balaban J connectivity index is 1.91. The third-order valence-corrected chi connectivity index (χ3v) is 3.56. The Morgan fingerprint density at radius 1 is 1.28 bits per heavy atom. The van der Waals surface area contributed by atoms with Gasteiger partial charge in [-0.05, 0) is 30.3 Å². The van der Waals surface area contributed by atoms with Gasteiger partial charge in [-0.1, -0.05) is 0 Å². The fraction of sp³-hybridized carbons (Fsp3) is 0.231. The number of nitrogens with two attached hydrogens (primary N) is 1. The summed E-state index contributed by atoms with van der Waals surface area (Å²) >= 11 is 1.52. The smallest absolute Gasteiger partial charge is 0.128 e. The highest BCUT2D eigenvalue weighted by molar-refractivity contribution is 7.98. The number of thioether (sulfide) groups is 1. The fourth-order valence-corrected chi connectivity index (χ4v) is 2.49. The molecule has 5 heteroatoms. The first kappa shape index (κ1) is 13.1.